The fourth-order valence-electron chi connectivity index (χ4n) is 4.50. The fraction of sp³-hybridized carbons (Fsp3) is 0.172. The highest BCUT2D eigenvalue weighted by molar-refractivity contribution is 7.86. The average molecular weight is 636 g/mol. The van der Waals surface area contributed by atoms with Crippen LogP contribution in [0.2, 0.25) is 0 Å². The van der Waals surface area contributed by atoms with E-state index in [0.29, 0.717) is 37.7 Å². The number of fused-ring (bicyclic) bond motifs is 1. The molecule has 0 fully saturated rings. The Morgan fingerprint density at radius 3 is 2.11 bits per heavy atom. The summed E-state index contributed by atoms with van der Waals surface area (Å²) in [5, 5.41) is 30.8. The minimum atomic E-state index is -4.45. The van der Waals surface area contributed by atoms with Gasteiger partial charge in [0.2, 0.25) is 0 Å². The third kappa shape index (κ3) is 5.79. The number of hydrogen-bond acceptors (Lipinski definition) is 9. The zero-order chi connectivity index (χ0) is 32.1. The highest BCUT2D eigenvalue weighted by Crippen LogP contribution is 2.36. The van der Waals surface area contributed by atoms with Gasteiger partial charge in [-0.15, -0.1) is 16.5 Å². The number of aromatic amines is 1. The second-order valence-electron chi connectivity index (χ2n) is 10.9. The Bertz CT molecular complexity index is 2140. The summed E-state index contributed by atoms with van der Waals surface area (Å²) in [5.74, 6) is -2.71. The molecule has 0 aliphatic carbocycles. The molecule has 5 aromatic rings. The van der Waals surface area contributed by atoms with E-state index < -0.39 is 33.0 Å². The van der Waals surface area contributed by atoms with Gasteiger partial charge in [-0.05, 0) is 61.0 Å². The van der Waals surface area contributed by atoms with Crippen molar-refractivity contribution in [3.63, 3.8) is 0 Å². The van der Waals surface area contributed by atoms with Crippen molar-refractivity contribution in [3.05, 3.63) is 87.3 Å². The summed E-state index contributed by atoms with van der Waals surface area (Å²) in [6.07, 6.45) is 0. The van der Waals surface area contributed by atoms with Gasteiger partial charge in [-0.2, -0.15) is 13.5 Å². The maximum atomic E-state index is 13.5. The molecule has 0 aliphatic rings. The Hall–Kier alpha value is -4.99. The second-order valence-corrected chi connectivity index (χ2v) is 13.3. The van der Waals surface area contributed by atoms with Crippen LogP contribution in [0.3, 0.4) is 0 Å². The average Bonchev–Trinajstić information content (AvgIpc) is 3.52. The van der Waals surface area contributed by atoms with Gasteiger partial charge in [0.05, 0.1) is 38.4 Å². The normalized spacial score (nSPS) is 12.3. The largest absolute Gasteiger partial charge is 0.478 e. The standard InChI is InChI=1S/C29H25N5O8S2/c1-14-5-10-20-22(23(14)44(40,41)42)43-25(30-20)15-6-8-18(9-7-15)31-32-21-24(29(2,3)4)33-34(26(21)35)19-12-16(27(36)37)11-17(13-19)28(38)39/h5-13,33H,1-4H3,(H,36,37)(H,38,39)(H,40,41,42). The van der Waals surface area contributed by atoms with Crippen LogP contribution in [0, 0.1) is 6.92 Å². The predicted molar refractivity (Wildman–Crippen MR) is 163 cm³/mol. The number of carboxylic acid groups (broad SMARTS) is 2. The quantitative estimate of drug-likeness (QED) is 0.120. The van der Waals surface area contributed by atoms with Gasteiger partial charge in [0.25, 0.3) is 15.7 Å². The molecule has 0 radical (unpaired) electrons. The van der Waals surface area contributed by atoms with Gasteiger partial charge in [-0.1, -0.05) is 26.8 Å². The molecule has 0 unspecified atom stereocenters. The van der Waals surface area contributed by atoms with Gasteiger partial charge in [0.15, 0.2) is 5.69 Å². The molecule has 0 spiro atoms. The summed E-state index contributed by atoms with van der Waals surface area (Å²) in [6, 6.07) is 13.3. The lowest BCUT2D eigenvalue weighted by atomic mass is 9.91. The Balaban J connectivity index is 1.52. The van der Waals surface area contributed by atoms with Crippen LogP contribution in [0.5, 0.6) is 0 Å². The number of nitrogens with zero attached hydrogens (tertiary/aromatic N) is 4. The van der Waals surface area contributed by atoms with Gasteiger partial charge in [0, 0.05) is 11.0 Å². The first-order valence-corrected chi connectivity index (χ1v) is 15.2. The highest BCUT2D eigenvalue weighted by atomic mass is 32.2. The molecule has 0 atom stereocenters. The molecule has 15 heteroatoms. The maximum absolute atomic E-state index is 13.5. The monoisotopic (exact) mass is 635 g/mol. The molecular formula is C29H25N5O8S2. The van der Waals surface area contributed by atoms with Gasteiger partial charge in [0.1, 0.15) is 9.90 Å². The number of nitrogens with one attached hydrogen (secondary N) is 1. The number of aromatic carboxylic acids is 2. The number of benzene rings is 3. The van der Waals surface area contributed by atoms with Crippen molar-refractivity contribution in [2.45, 2.75) is 38.0 Å². The number of aromatic nitrogens is 3. The number of hydrogen-bond donors (Lipinski definition) is 4. The molecule has 2 aromatic heterocycles. The molecule has 0 amide bonds. The number of thiazole rings is 1. The van der Waals surface area contributed by atoms with Crippen LogP contribution in [-0.4, -0.2) is 49.9 Å². The lowest BCUT2D eigenvalue weighted by Crippen LogP contribution is -2.16. The first-order valence-electron chi connectivity index (χ1n) is 12.9. The van der Waals surface area contributed by atoms with Crippen molar-refractivity contribution in [3.8, 4) is 16.3 Å². The van der Waals surface area contributed by atoms with E-state index in [1.165, 1.54) is 12.1 Å². The van der Waals surface area contributed by atoms with E-state index in [4.69, 9.17) is 0 Å². The van der Waals surface area contributed by atoms with E-state index in [9.17, 15) is 37.6 Å². The number of carbonyl (C=O) groups is 2. The van der Waals surface area contributed by atoms with Crippen molar-refractivity contribution < 1.29 is 32.8 Å². The van der Waals surface area contributed by atoms with Crippen LogP contribution in [0.4, 0.5) is 11.4 Å². The van der Waals surface area contributed by atoms with E-state index >= 15 is 0 Å². The molecule has 226 valence electrons. The molecule has 0 saturated heterocycles. The van der Waals surface area contributed by atoms with Crippen LogP contribution in [0.15, 0.2) is 74.5 Å². The molecule has 2 heterocycles. The second kappa shape index (κ2) is 10.9. The van der Waals surface area contributed by atoms with Crippen molar-refractivity contribution >= 4 is 55.0 Å². The molecule has 0 bridgehead atoms. The molecular weight excluding hydrogens is 610 g/mol. The highest BCUT2D eigenvalue weighted by Gasteiger charge is 2.26. The van der Waals surface area contributed by atoms with Gasteiger partial charge in [-0.3, -0.25) is 14.4 Å². The van der Waals surface area contributed by atoms with Crippen molar-refractivity contribution in [2.24, 2.45) is 10.2 Å². The number of carboxylic acids is 2. The molecule has 4 N–H and O–H groups in total. The summed E-state index contributed by atoms with van der Waals surface area (Å²) in [7, 11) is -4.45. The Morgan fingerprint density at radius 1 is 0.955 bits per heavy atom. The van der Waals surface area contributed by atoms with Crippen molar-refractivity contribution in [1.29, 1.82) is 0 Å². The minimum Gasteiger partial charge on any atom is -0.478 e. The van der Waals surface area contributed by atoms with Crippen LogP contribution in [0.1, 0.15) is 52.7 Å². The lowest BCUT2D eigenvalue weighted by molar-refractivity contribution is 0.0696. The van der Waals surface area contributed by atoms with Crippen LogP contribution < -0.4 is 5.56 Å². The number of H-pyrrole nitrogens is 1. The van der Waals surface area contributed by atoms with Crippen LogP contribution in [-0.2, 0) is 15.5 Å². The molecule has 3 aromatic carbocycles. The Morgan fingerprint density at radius 2 is 1.57 bits per heavy atom. The third-order valence-corrected chi connectivity index (χ3v) is 8.94. The Labute approximate surface area is 253 Å². The molecule has 13 nitrogen and oxygen atoms in total. The van der Waals surface area contributed by atoms with Gasteiger partial charge < -0.3 is 10.2 Å². The Kier molecular flexibility index (Phi) is 7.57. The number of azo groups is 1. The summed E-state index contributed by atoms with van der Waals surface area (Å²) in [4.78, 5) is 41.0. The molecule has 0 aliphatic heterocycles. The van der Waals surface area contributed by atoms with Crippen LogP contribution >= 0.6 is 11.3 Å². The van der Waals surface area contributed by atoms with E-state index in [1.807, 2.05) is 20.8 Å². The zero-order valence-electron chi connectivity index (χ0n) is 23.7. The predicted octanol–water partition coefficient (Wildman–Crippen LogP) is 6.11. The lowest BCUT2D eigenvalue weighted by Gasteiger charge is -2.16. The minimum absolute atomic E-state index is 0.00628. The van der Waals surface area contributed by atoms with Crippen molar-refractivity contribution in [2.75, 3.05) is 0 Å². The van der Waals surface area contributed by atoms with Gasteiger partial charge in [-0.25, -0.2) is 19.3 Å². The first-order chi connectivity index (χ1) is 20.5. The van der Waals surface area contributed by atoms with E-state index in [2.05, 4.69) is 20.3 Å². The van der Waals surface area contributed by atoms with Crippen LogP contribution in [0.25, 0.3) is 26.5 Å². The van der Waals surface area contributed by atoms with Crippen molar-refractivity contribution in [1.82, 2.24) is 14.8 Å². The summed E-state index contributed by atoms with van der Waals surface area (Å²) in [5.41, 5.74) is 0.330. The topological polar surface area (TPSA) is 204 Å². The third-order valence-electron chi connectivity index (χ3n) is 6.63. The van der Waals surface area contributed by atoms with E-state index in [0.717, 1.165) is 22.1 Å². The number of rotatable bonds is 7. The smallest absolute Gasteiger partial charge is 0.335 e. The van der Waals surface area contributed by atoms with E-state index in [-0.39, 0.29) is 27.4 Å². The zero-order valence-corrected chi connectivity index (χ0v) is 25.3. The fourth-order valence-corrected chi connectivity index (χ4v) is 6.82. The summed E-state index contributed by atoms with van der Waals surface area (Å²) in [6.45, 7) is 7.09. The summed E-state index contributed by atoms with van der Waals surface area (Å²) < 4.78 is 35.0. The first kappa shape index (κ1) is 30.5. The van der Waals surface area contributed by atoms with Gasteiger partial charge >= 0.3 is 11.9 Å². The molecule has 5 rings (SSSR count). The summed E-state index contributed by atoms with van der Waals surface area (Å²) >= 11 is 1.12. The number of aryl methyl sites for hydroxylation is 1. The molecule has 0 saturated carbocycles. The molecule has 44 heavy (non-hydrogen) atoms. The SMILES string of the molecule is Cc1ccc2nc(-c3ccc(N=Nc4c(C(C)(C)C)[nH]n(-c5cc(C(=O)O)cc(C(=O)O)c5)c4=O)cc3)sc2c1S(=O)(=O)O. The van der Waals surface area contributed by atoms with E-state index in [1.54, 1.807) is 43.3 Å². The maximum Gasteiger partial charge on any atom is 0.335 e.